The molecule has 1 saturated carbocycles. The number of pyridine rings is 1. The first-order valence-electron chi connectivity index (χ1n) is 12.1. The summed E-state index contributed by atoms with van der Waals surface area (Å²) in [5, 5.41) is 10.7. The fourth-order valence-corrected chi connectivity index (χ4v) is 5.13. The summed E-state index contributed by atoms with van der Waals surface area (Å²) in [6.07, 6.45) is 8.01. The fourth-order valence-electron chi connectivity index (χ4n) is 5.13. The topological polar surface area (TPSA) is 128 Å². The lowest BCUT2D eigenvalue weighted by molar-refractivity contribution is 0.300. The highest BCUT2D eigenvalue weighted by molar-refractivity contribution is 6.36. The van der Waals surface area contributed by atoms with Crippen LogP contribution in [0.5, 0.6) is 0 Å². The molecule has 0 aliphatic heterocycles. The summed E-state index contributed by atoms with van der Waals surface area (Å²) in [5.74, 6) is 0.940. The normalized spacial score (nSPS) is 18.0. The molecule has 0 spiro atoms. The largest absolute Gasteiger partial charge is 0.434 e. The zero-order chi connectivity index (χ0) is 24.6. The minimum Gasteiger partial charge on any atom is -0.392 e. The molecule has 0 unspecified atom stereocenters. The van der Waals surface area contributed by atoms with E-state index in [1.807, 2.05) is 48.7 Å². The van der Waals surface area contributed by atoms with Crippen LogP contribution in [-0.2, 0) is 6.42 Å². The van der Waals surface area contributed by atoms with Crippen LogP contribution < -0.4 is 17.0 Å². The SMILES string of the molecule is [B]c1c(C2CCC(Cc3n[nH]c(=O)o3)CC2)nc2c(-c3ccc(-c4ccccc4)nc3)cnn2c1N. The Morgan fingerprint density at radius 2 is 1.86 bits per heavy atom. The van der Waals surface area contributed by atoms with E-state index in [0.717, 1.165) is 53.8 Å². The lowest BCUT2D eigenvalue weighted by Gasteiger charge is -2.28. The Hall–Kier alpha value is -4.21. The number of hydrogen-bond donors (Lipinski definition) is 2. The number of hydrogen-bond acceptors (Lipinski definition) is 7. The van der Waals surface area contributed by atoms with E-state index in [-0.39, 0.29) is 5.92 Å². The second-order valence-corrected chi connectivity index (χ2v) is 9.32. The molecule has 1 aliphatic rings. The van der Waals surface area contributed by atoms with Crippen molar-refractivity contribution >= 4 is 24.8 Å². The van der Waals surface area contributed by atoms with Gasteiger partial charge in [-0.15, -0.1) is 5.10 Å². The van der Waals surface area contributed by atoms with Crippen molar-refractivity contribution in [1.29, 1.82) is 0 Å². The summed E-state index contributed by atoms with van der Waals surface area (Å²) >= 11 is 0. The van der Waals surface area contributed by atoms with E-state index in [0.29, 0.717) is 35.2 Å². The third-order valence-electron chi connectivity index (χ3n) is 7.07. The van der Waals surface area contributed by atoms with Crippen molar-refractivity contribution in [2.45, 2.75) is 38.0 Å². The van der Waals surface area contributed by atoms with Gasteiger partial charge in [-0.1, -0.05) is 36.4 Å². The van der Waals surface area contributed by atoms with Crippen LogP contribution in [0.4, 0.5) is 5.82 Å². The van der Waals surface area contributed by atoms with Gasteiger partial charge in [-0.2, -0.15) is 9.61 Å². The van der Waals surface area contributed by atoms with Crippen molar-refractivity contribution in [2.75, 3.05) is 5.73 Å². The summed E-state index contributed by atoms with van der Waals surface area (Å²) in [5.41, 5.74) is 12.1. The third-order valence-corrected chi connectivity index (χ3v) is 7.07. The Balaban J connectivity index is 1.27. The number of nitrogens with one attached hydrogen (secondary N) is 1. The molecule has 4 heterocycles. The number of anilines is 1. The monoisotopic (exact) mass is 477 g/mol. The van der Waals surface area contributed by atoms with Gasteiger partial charge in [-0.05, 0) is 43.1 Å². The minimum atomic E-state index is -0.513. The van der Waals surface area contributed by atoms with Crippen LogP contribution in [0, 0.1) is 5.92 Å². The first-order chi connectivity index (χ1) is 17.6. The molecule has 0 atom stereocenters. The maximum Gasteiger partial charge on any atom is 0.434 e. The molecule has 5 aromatic rings. The van der Waals surface area contributed by atoms with Crippen LogP contribution in [0.2, 0.25) is 0 Å². The number of rotatable bonds is 5. The van der Waals surface area contributed by atoms with Crippen molar-refractivity contribution in [3.63, 3.8) is 0 Å². The van der Waals surface area contributed by atoms with Crippen LogP contribution in [0.1, 0.15) is 43.2 Å². The lowest BCUT2D eigenvalue weighted by Crippen LogP contribution is -2.27. The molecular formula is C26H24BN7O2. The maximum absolute atomic E-state index is 11.2. The fraction of sp³-hybridized carbons (Fsp3) is 0.269. The first kappa shape index (κ1) is 22.3. The molecule has 10 heteroatoms. The lowest BCUT2D eigenvalue weighted by atomic mass is 9.76. The quantitative estimate of drug-likeness (QED) is 0.373. The number of nitrogens with two attached hydrogens (primary N) is 1. The molecule has 0 bridgehead atoms. The predicted molar refractivity (Wildman–Crippen MR) is 137 cm³/mol. The smallest absolute Gasteiger partial charge is 0.392 e. The van der Waals surface area contributed by atoms with Gasteiger partial charge in [0.2, 0.25) is 5.89 Å². The number of nitrogens with zero attached hydrogens (tertiary/aromatic N) is 5. The molecule has 1 aromatic carbocycles. The molecule has 9 nitrogen and oxygen atoms in total. The van der Waals surface area contributed by atoms with Crippen LogP contribution >= 0.6 is 0 Å². The highest BCUT2D eigenvalue weighted by Gasteiger charge is 2.27. The molecular weight excluding hydrogens is 453 g/mol. The maximum atomic E-state index is 11.2. The molecule has 2 radical (unpaired) electrons. The Labute approximate surface area is 208 Å². The summed E-state index contributed by atoms with van der Waals surface area (Å²) in [6, 6.07) is 14.1. The van der Waals surface area contributed by atoms with Crippen LogP contribution in [0.25, 0.3) is 28.0 Å². The molecule has 36 heavy (non-hydrogen) atoms. The van der Waals surface area contributed by atoms with Crippen molar-refractivity contribution < 1.29 is 4.42 Å². The summed E-state index contributed by atoms with van der Waals surface area (Å²) in [4.78, 5) is 20.8. The van der Waals surface area contributed by atoms with Gasteiger partial charge in [0.25, 0.3) is 0 Å². The van der Waals surface area contributed by atoms with Crippen molar-refractivity contribution in [2.24, 2.45) is 5.92 Å². The number of fused-ring (bicyclic) bond motifs is 1. The van der Waals surface area contributed by atoms with Gasteiger partial charge in [0.05, 0.1) is 11.9 Å². The van der Waals surface area contributed by atoms with Crippen molar-refractivity contribution in [3.05, 3.63) is 77.0 Å². The van der Waals surface area contributed by atoms with Gasteiger partial charge in [-0.25, -0.2) is 14.9 Å². The molecule has 3 N–H and O–H groups in total. The molecule has 178 valence electrons. The molecule has 1 fully saturated rings. The van der Waals surface area contributed by atoms with Gasteiger partial charge < -0.3 is 10.2 Å². The molecule has 0 amide bonds. The average molecular weight is 477 g/mol. The van der Waals surface area contributed by atoms with E-state index >= 15 is 0 Å². The Bertz CT molecular complexity index is 1570. The second kappa shape index (κ2) is 9.11. The third kappa shape index (κ3) is 4.08. The molecule has 4 aromatic heterocycles. The van der Waals surface area contributed by atoms with E-state index in [1.165, 1.54) is 0 Å². The molecule has 1 aliphatic carbocycles. The summed E-state index contributed by atoms with van der Waals surface area (Å²) < 4.78 is 6.68. The first-order valence-corrected chi connectivity index (χ1v) is 12.1. The standard InChI is InChI=1S/C26H24BN7O2/c27-22-23(17-8-6-15(7-9-17)12-21-32-33-26(35)36-21)31-25-19(14-30-34(25)24(22)28)18-10-11-20(29-13-18)16-4-2-1-3-5-16/h1-5,10-11,13-15,17H,6-9,12,28H2,(H,33,35). The number of aromatic amines is 1. The van der Waals surface area contributed by atoms with Crippen molar-refractivity contribution in [3.8, 4) is 22.4 Å². The summed E-state index contributed by atoms with van der Waals surface area (Å²) in [7, 11) is 6.45. The number of H-pyrrole nitrogens is 1. The van der Waals surface area contributed by atoms with Gasteiger partial charge in [0.1, 0.15) is 13.7 Å². The van der Waals surface area contributed by atoms with Crippen molar-refractivity contribution in [1.82, 2.24) is 29.8 Å². The zero-order valence-corrected chi connectivity index (χ0v) is 19.6. The molecule has 6 rings (SSSR count). The Kier molecular flexibility index (Phi) is 5.63. The van der Waals surface area contributed by atoms with E-state index in [1.54, 1.807) is 10.7 Å². The van der Waals surface area contributed by atoms with Crippen LogP contribution in [0.15, 0.2) is 64.1 Å². The Morgan fingerprint density at radius 1 is 1.06 bits per heavy atom. The highest BCUT2D eigenvalue weighted by atomic mass is 16.4. The van der Waals surface area contributed by atoms with E-state index in [4.69, 9.17) is 23.0 Å². The van der Waals surface area contributed by atoms with Gasteiger partial charge in [0.15, 0.2) is 5.65 Å². The minimum absolute atomic E-state index is 0.195. The molecule has 0 saturated heterocycles. The second-order valence-electron chi connectivity index (χ2n) is 9.32. The van der Waals surface area contributed by atoms with E-state index in [9.17, 15) is 4.79 Å². The average Bonchev–Trinajstić information content (AvgIpc) is 3.53. The van der Waals surface area contributed by atoms with Gasteiger partial charge in [0, 0.05) is 40.9 Å². The zero-order valence-electron chi connectivity index (χ0n) is 19.6. The number of aromatic nitrogens is 6. The van der Waals surface area contributed by atoms with Crippen LogP contribution in [-0.4, -0.2) is 37.6 Å². The van der Waals surface area contributed by atoms with E-state index in [2.05, 4.69) is 20.3 Å². The Morgan fingerprint density at radius 3 is 2.56 bits per heavy atom. The number of nitrogen functional groups attached to an aromatic ring is 1. The van der Waals surface area contributed by atoms with Gasteiger partial charge in [-0.3, -0.25) is 4.98 Å². The van der Waals surface area contributed by atoms with Gasteiger partial charge >= 0.3 is 5.76 Å². The highest BCUT2D eigenvalue weighted by Crippen LogP contribution is 2.37. The van der Waals surface area contributed by atoms with E-state index < -0.39 is 5.76 Å². The number of benzene rings is 1. The summed E-state index contributed by atoms with van der Waals surface area (Å²) in [6.45, 7) is 0. The van der Waals surface area contributed by atoms with Crippen LogP contribution in [0.3, 0.4) is 0 Å². The predicted octanol–water partition coefficient (Wildman–Crippen LogP) is 3.03.